The molecular formula is C28H19FN2O4. The van der Waals surface area contributed by atoms with Crippen molar-refractivity contribution in [1.82, 2.24) is 0 Å². The number of nitrogens with one attached hydrogen (secondary N) is 1. The van der Waals surface area contributed by atoms with E-state index < -0.39 is 17.6 Å². The third kappa shape index (κ3) is 3.58. The average Bonchev–Trinajstić information content (AvgIpc) is 3.13. The van der Waals surface area contributed by atoms with E-state index in [9.17, 15) is 14.0 Å². The first-order valence-electron chi connectivity index (χ1n) is 11.1. The van der Waals surface area contributed by atoms with Crippen LogP contribution in [0.15, 0.2) is 90.6 Å². The van der Waals surface area contributed by atoms with Gasteiger partial charge in [-0.3, -0.25) is 9.59 Å². The Hall–Kier alpha value is -4.65. The van der Waals surface area contributed by atoms with Crippen molar-refractivity contribution in [3.63, 3.8) is 0 Å². The molecule has 6 rings (SSSR count). The number of hydrogen-bond acceptors (Lipinski definition) is 5. The Morgan fingerprint density at radius 2 is 1.51 bits per heavy atom. The van der Waals surface area contributed by atoms with Gasteiger partial charge in [0.1, 0.15) is 24.7 Å². The molecule has 172 valence electrons. The molecule has 0 spiro atoms. The molecule has 0 radical (unpaired) electrons. The first kappa shape index (κ1) is 20.9. The molecule has 0 saturated carbocycles. The minimum Gasteiger partial charge on any atom is -0.486 e. The van der Waals surface area contributed by atoms with Crippen LogP contribution in [0.4, 0.5) is 15.8 Å². The summed E-state index contributed by atoms with van der Waals surface area (Å²) in [4.78, 5) is 28.7. The molecule has 2 amide bonds. The second-order valence-electron chi connectivity index (χ2n) is 8.18. The number of carbonyl (C=O) groups is 2. The molecule has 4 aromatic rings. The quantitative estimate of drug-likeness (QED) is 0.422. The van der Waals surface area contributed by atoms with Crippen molar-refractivity contribution in [3.05, 3.63) is 102 Å². The van der Waals surface area contributed by atoms with Crippen molar-refractivity contribution in [2.75, 3.05) is 23.4 Å². The van der Waals surface area contributed by atoms with Crippen LogP contribution in [0.3, 0.4) is 0 Å². The minimum absolute atomic E-state index is 0.103. The molecule has 0 unspecified atom stereocenters. The van der Waals surface area contributed by atoms with Crippen LogP contribution < -0.4 is 19.7 Å². The number of ether oxygens (including phenoxy) is 2. The van der Waals surface area contributed by atoms with Gasteiger partial charge in [-0.05, 0) is 41.3 Å². The second-order valence-corrected chi connectivity index (χ2v) is 8.18. The molecule has 0 aliphatic carbocycles. The van der Waals surface area contributed by atoms with Crippen molar-refractivity contribution in [3.8, 4) is 11.5 Å². The van der Waals surface area contributed by atoms with Gasteiger partial charge in [-0.2, -0.15) is 0 Å². The van der Waals surface area contributed by atoms with Crippen molar-refractivity contribution in [1.29, 1.82) is 0 Å². The molecule has 0 aromatic heterocycles. The Kier molecular flexibility index (Phi) is 4.95. The zero-order chi connectivity index (χ0) is 23.9. The van der Waals surface area contributed by atoms with Gasteiger partial charge in [-0.25, -0.2) is 9.29 Å². The van der Waals surface area contributed by atoms with Gasteiger partial charge in [0.15, 0.2) is 11.5 Å². The van der Waals surface area contributed by atoms with Crippen molar-refractivity contribution < 1.29 is 23.5 Å². The normalized spacial score (nSPS) is 15.2. The van der Waals surface area contributed by atoms with Gasteiger partial charge in [0.25, 0.3) is 11.8 Å². The predicted molar refractivity (Wildman–Crippen MR) is 131 cm³/mol. The summed E-state index contributed by atoms with van der Waals surface area (Å²) in [5, 5.41) is 4.80. The topological polar surface area (TPSA) is 67.9 Å². The van der Waals surface area contributed by atoms with Crippen LogP contribution >= 0.6 is 0 Å². The van der Waals surface area contributed by atoms with E-state index in [1.165, 1.54) is 29.2 Å². The van der Waals surface area contributed by atoms with E-state index in [1.807, 2.05) is 36.4 Å². The van der Waals surface area contributed by atoms with E-state index in [1.54, 1.807) is 24.3 Å². The lowest BCUT2D eigenvalue weighted by atomic mass is 10.0. The third-order valence-electron chi connectivity index (χ3n) is 6.04. The lowest BCUT2D eigenvalue weighted by Crippen LogP contribution is -2.32. The number of nitrogens with zero attached hydrogens (tertiary/aromatic N) is 1. The molecule has 2 heterocycles. The maximum absolute atomic E-state index is 13.8. The third-order valence-corrected chi connectivity index (χ3v) is 6.04. The van der Waals surface area contributed by atoms with Gasteiger partial charge in [0.2, 0.25) is 0 Å². The summed E-state index contributed by atoms with van der Waals surface area (Å²) in [6.07, 6.45) is 0. The summed E-state index contributed by atoms with van der Waals surface area (Å²) in [7, 11) is 0. The van der Waals surface area contributed by atoms with E-state index in [0.29, 0.717) is 41.7 Å². The van der Waals surface area contributed by atoms with Crippen molar-refractivity contribution in [2.24, 2.45) is 0 Å². The van der Waals surface area contributed by atoms with Crippen LogP contribution in [-0.2, 0) is 9.59 Å². The Morgan fingerprint density at radius 1 is 0.771 bits per heavy atom. The SMILES string of the molecule is O=C1C(Nc2ccc3c(c2)OCCO3)=C(c2ccc(F)cc2)C(=O)N1c1cccc2ccccc12. The molecule has 6 nitrogen and oxygen atoms in total. The molecule has 0 saturated heterocycles. The maximum Gasteiger partial charge on any atom is 0.282 e. The summed E-state index contributed by atoms with van der Waals surface area (Å²) in [6.45, 7) is 0.888. The first-order valence-corrected chi connectivity index (χ1v) is 11.1. The fraction of sp³-hybridized carbons (Fsp3) is 0.0714. The second kappa shape index (κ2) is 8.29. The van der Waals surface area contributed by atoms with E-state index in [4.69, 9.17) is 9.47 Å². The fourth-order valence-electron chi connectivity index (χ4n) is 4.42. The lowest BCUT2D eigenvalue weighted by molar-refractivity contribution is -0.120. The lowest BCUT2D eigenvalue weighted by Gasteiger charge is -2.20. The number of hydrogen-bond donors (Lipinski definition) is 1. The van der Waals surface area contributed by atoms with Crippen LogP contribution in [0.2, 0.25) is 0 Å². The average molecular weight is 466 g/mol. The molecule has 35 heavy (non-hydrogen) atoms. The molecule has 0 bridgehead atoms. The minimum atomic E-state index is -0.499. The maximum atomic E-state index is 13.8. The molecule has 4 aromatic carbocycles. The number of anilines is 2. The van der Waals surface area contributed by atoms with Crippen LogP contribution in [0, 0.1) is 5.82 Å². The molecule has 7 heteroatoms. The number of benzene rings is 4. The number of rotatable bonds is 4. The fourth-order valence-corrected chi connectivity index (χ4v) is 4.42. The smallest absolute Gasteiger partial charge is 0.282 e. The van der Waals surface area contributed by atoms with Crippen LogP contribution in [0.5, 0.6) is 11.5 Å². The first-order chi connectivity index (χ1) is 17.1. The van der Waals surface area contributed by atoms with Crippen LogP contribution in [0.1, 0.15) is 5.56 Å². The van der Waals surface area contributed by atoms with E-state index in [0.717, 1.165) is 10.8 Å². The van der Waals surface area contributed by atoms with Gasteiger partial charge < -0.3 is 14.8 Å². The molecule has 2 aliphatic heterocycles. The largest absolute Gasteiger partial charge is 0.486 e. The highest BCUT2D eigenvalue weighted by Gasteiger charge is 2.41. The summed E-state index contributed by atoms with van der Waals surface area (Å²) in [5.41, 5.74) is 1.75. The molecule has 2 aliphatic rings. The van der Waals surface area contributed by atoms with E-state index in [-0.39, 0.29) is 11.3 Å². The summed E-state index contributed by atoms with van der Waals surface area (Å²) >= 11 is 0. The Morgan fingerprint density at radius 3 is 2.34 bits per heavy atom. The Labute approximate surface area is 200 Å². The number of amides is 2. The number of fused-ring (bicyclic) bond motifs is 2. The zero-order valence-corrected chi connectivity index (χ0v) is 18.5. The Bertz CT molecular complexity index is 1520. The van der Waals surface area contributed by atoms with Gasteiger partial charge >= 0.3 is 0 Å². The van der Waals surface area contributed by atoms with Gasteiger partial charge in [0, 0.05) is 17.1 Å². The van der Waals surface area contributed by atoms with Crippen LogP contribution in [0.25, 0.3) is 16.3 Å². The summed E-state index contributed by atoms with van der Waals surface area (Å²) in [5.74, 6) is -0.259. The summed E-state index contributed by atoms with van der Waals surface area (Å²) in [6, 6.07) is 23.8. The highest BCUT2D eigenvalue weighted by atomic mass is 19.1. The molecular weight excluding hydrogens is 447 g/mol. The number of halogens is 1. The van der Waals surface area contributed by atoms with Crippen molar-refractivity contribution >= 4 is 39.5 Å². The van der Waals surface area contributed by atoms with Gasteiger partial charge in [0.05, 0.1) is 11.3 Å². The highest BCUT2D eigenvalue weighted by molar-refractivity contribution is 6.47. The van der Waals surface area contributed by atoms with Gasteiger partial charge in [-0.15, -0.1) is 0 Å². The van der Waals surface area contributed by atoms with Crippen molar-refractivity contribution in [2.45, 2.75) is 0 Å². The van der Waals surface area contributed by atoms with E-state index in [2.05, 4.69) is 5.32 Å². The van der Waals surface area contributed by atoms with Gasteiger partial charge in [-0.1, -0.05) is 48.5 Å². The molecule has 1 N–H and O–H groups in total. The highest BCUT2D eigenvalue weighted by Crippen LogP contribution is 2.38. The number of carbonyl (C=O) groups excluding carboxylic acids is 2. The standard InChI is InChI=1S/C28H19FN2O4/c29-19-10-8-18(9-11-19)25-26(30-20-12-13-23-24(16-20)35-15-14-34-23)28(33)31(27(25)32)22-7-3-5-17-4-1-2-6-21(17)22/h1-13,16,30H,14-15H2. The summed E-state index contributed by atoms with van der Waals surface area (Å²) < 4.78 is 24.9. The van der Waals surface area contributed by atoms with E-state index >= 15 is 0 Å². The predicted octanol–water partition coefficient (Wildman–Crippen LogP) is 5.15. The molecule has 0 atom stereocenters. The van der Waals surface area contributed by atoms with Crippen LogP contribution in [-0.4, -0.2) is 25.0 Å². The zero-order valence-electron chi connectivity index (χ0n) is 18.5. The Balaban J connectivity index is 1.47. The molecule has 0 fully saturated rings. The number of imide groups is 1. The monoisotopic (exact) mass is 466 g/mol.